The number of anilines is 1. The Morgan fingerprint density at radius 3 is 2.15 bits per heavy atom. The molecule has 1 aliphatic heterocycles. The van der Waals surface area contributed by atoms with E-state index in [1.54, 1.807) is 7.05 Å². The molecule has 2 N–H and O–H groups in total. The zero-order valence-electron chi connectivity index (χ0n) is 12.5. The van der Waals surface area contributed by atoms with Gasteiger partial charge in [0.1, 0.15) is 4.90 Å². The minimum atomic E-state index is -3.67. The summed E-state index contributed by atoms with van der Waals surface area (Å²) in [6, 6.07) is 0. The van der Waals surface area contributed by atoms with Gasteiger partial charge >= 0.3 is 0 Å². The number of nitrogen functional groups attached to an aromatic ring is 1. The highest BCUT2D eigenvalue weighted by Crippen LogP contribution is 2.32. The number of rotatable bonds is 2. The molecule has 0 bridgehead atoms. The van der Waals surface area contributed by atoms with Gasteiger partial charge in [-0.2, -0.15) is 9.40 Å². The molecule has 0 spiro atoms. The summed E-state index contributed by atoms with van der Waals surface area (Å²) < 4.78 is 34.2. The number of aromatic nitrogens is 2. The summed E-state index contributed by atoms with van der Waals surface area (Å²) in [5, 5.41) is 3.90. The first-order valence-electron chi connectivity index (χ1n) is 6.42. The molecule has 1 aromatic rings. The number of hydrogen-bond donors (Lipinski definition) is 1. The molecular formula is C12H22N4O3S. The van der Waals surface area contributed by atoms with Gasteiger partial charge in [-0.1, -0.05) is 0 Å². The van der Waals surface area contributed by atoms with Crippen LogP contribution in [0.2, 0.25) is 0 Å². The normalized spacial score (nSPS) is 22.9. The van der Waals surface area contributed by atoms with E-state index in [0.717, 1.165) is 0 Å². The Bertz CT molecular complexity index is 603. The van der Waals surface area contributed by atoms with Crippen LogP contribution in [0.15, 0.2) is 11.1 Å². The zero-order chi connectivity index (χ0) is 15.3. The summed E-state index contributed by atoms with van der Waals surface area (Å²) in [5.74, 6) is 0.0228. The van der Waals surface area contributed by atoms with Gasteiger partial charge in [-0.3, -0.25) is 4.68 Å². The van der Waals surface area contributed by atoms with Crippen LogP contribution >= 0.6 is 0 Å². The van der Waals surface area contributed by atoms with Crippen molar-refractivity contribution in [1.29, 1.82) is 0 Å². The van der Waals surface area contributed by atoms with Gasteiger partial charge in [0.15, 0.2) is 5.82 Å². The lowest BCUT2D eigenvalue weighted by molar-refractivity contribution is -0.163. The minimum Gasteiger partial charge on any atom is -0.381 e. The lowest BCUT2D eigenvalue weighted by Crippen LogP contribution is -2.58. The van der Waals surface area contributed by atoms with E-state index in [2.05, 4.69) is 5.10 Å². The highest BCUT2D eigenvalue weighted by molar-refractivity contribution is 7.89. The van der Waals surface area contributed by atoms with Crippen LogP contribution in [0, 0.1) is 0 Å². The molecule has 2 rings (SSSR count). The molecule has 8 heteroatoms. The van der Waals surface area contributed by atoms with Gasteiger partial charge < -0.3 is 10.5 Å². The molecule has 20 heavy (non-hydrogen) atoms. The van der Waals surface area contributed by atoms with E-state index in [1.165, 1.54) is 15.2 Å². The van der Waals surface area contributed by atoms with E-state index < -0.39 is 21.2 Å². The number of nitrogens with two attached hydrogens (primary N) is 1. The number of nitrogens with zero attached hydrogens (tertiary/aromatic N) is 3. The third-order valence-electron chi connectivity index (χ3n) is 3.11. The second-order valence-electron chi connectivity index (χ2n) is 6.45. The van der Waals surface area contributed by atoms with Crippen molar-refractivity contribution in [2.24, 2.45) is 7.05 Å². The molecule has 0 atom stereocenters. The molecule has 0 amide bonds. The van der Waals surface area contributed by atoms with Crippen molar-refractivity contribution in [2.75, 3.05) is 18.8 Å². The lowest BCUT2D eigenvalue weighted by Gasteiger charge is -2.46. The molecule has 114 valence electrons. The van der Waals surface area contributed by atoms with Crippen LogP contribution in [0.1, 0.15) is 27.7 Å². The molecule has 7 nitrogen and oxygen atoms in total. The average Bonchev–Trinajstić information content (AvgIpc) is 2.53. The van der Waals surface area contributed by atoms with Crippen molar-refractivity contribution < 1.29 is 13.2 Å². The summed E-state index contributed by atoms with van der Waals surface area (Å²) >= 11 is 0. The van der Waals surface area contributed by atoms with Gasteiger partial charge in [-0.05, 0) is 27.7 Å². The van der Waals surface area contributed by atoms with Crippen molar-refractivity contribution in [2.45, 2.75) is 43.8 Å². The van der Waals surface area contributed by atoms with Gasteiger partial charge in [-0.15, -0.1) is 0 Å². The summed E-state index contributed by atoms with van der Waals surface area (Å²) in [4.78, 5) is 0.0495. The second-order valence-corrected chi connectivity index (χ2v) is 8.35. The summed E-state index contributed by atoms with van der Waals surface area (Å²) in [5.41, 5.74) is 4.60. The topological polar surface area (TPSA) is 90.5 Å². The van der Waals surface area contributed by atoms with Crippen LogP contribution in [0.5, 0.6) is 0 Å². The number of aryl methyl sites for hydroxylation is 1. The van der Waals surface area contributed by atoms with E-state index in [-0.39, 0.29) is 23.8 Å². The SMILES string of the molecule is Cn1cc(S(=O)(=O)N2CC(C)(C)OC(C)(C)C2)c(N)n1. The van der Waals surface area contributed by atoms with Crippen molar-refractivity contribution in [1.82, 2.24) is 14.1 Å². The third kappa shape index (κ3) is 2.82. The Balaban J connectivity index is 2.42. The van der Waals surface area contributed by atoms with E-state index in [4.69, 9.17) is 10.5 Å². The highest BCUT2D eigenvalue weighted by Gasteiger charge is 2.43. The fraction of sp³-hybridized carbons (Fsp3) is 0.750. The predicted octanol–water partition coefficient (Wildman–Crippen LogP) is 0.580. The molecular weight excluding hydrogens is 280 g/mol. The van der Waals surface area contributed by atoms with Crippen molar-refractivity contribution >= 4 is 15.8 Å². The van der Waals surface area contributed by atoms with Crippen LogP contribution < -0.4 is 5.73 Å². The van der Waals surface area contributed by atoms with Crippen LogP contribution in [0.25, 0.3) is 0 Å². The van der Waals surface area contributed by atoms with Gasteiger partial charge in [0.25, 0.3) is 0 Å². The van der Waals surface area contributed by atoms with E-state index in [1.807, 2.05) is 27.7 Å². The molecule has 0 aliphatic carbocycles. The smallest absolute Gasteiger partial charge is 0.248 e. The molecule has 1 fully saturated rings. The van der Waals surface area contributed by atoms with Crippen LogP contribution in [-0.2, 0) is 21.8 Å². The Kier molecular flexibility index (Phi) is 3.39. The van der Waals surface area contributed by atoms with E-state index >= 15 is 0 Å². The zero-order valence-corrected chi connectivity index (χ0v) is 13.4. The standard InChI is InChI=1S/C12H22N4O3S/c1-11(2)7-16(8-12(3,4)19-11)20(17,18)9-6-15(5)14-10(9)13/h6H,7-8H2,1-5H3,(H2,13,14). The fourth-order valence-electron chi connectivity index (χ4n) is 2.71. The largest absolute Gasteiger partial charge is 0.381 e. The Hall–Kier alpha value is -1.12. The van der Waals surface area contributed by atoms with Crippen LogP contribution in [-0.4, -0.2) is 46.8 Å². The number of hydrogen-bond acceptors (Lipinski definition) is 5. The molecule has 1 saturated heterocycles. The molecule has 0 unspecified atom stereocenters. The molecule has 0 aromatic carbocycles. The van der Waals surface area contributed by atoms with Crippen LogP contribution in [0.4, 0.5) is 5.82 Å². The van der Waals surface area contributed by atoms with E-state index in [0.29, 0.717) is 0 Å². The molecule has 0 saturated carbocycles. The Morgan fingerprint density at radius 1 is 1.25 bits per heavy atom. The maximum Gasteiger partial charge on any atom is 0.248 e. The monoisotopic (exact) mass is 302 g/mol. The predicted molar refractivity (Wildman–Crippen MR) is 75.6 cm³/mol. The first-order chi connectivity index (χ1) is 8.93. The average molecular weight is 302 g/mol. The molecule has 1 aliphatic rings. The second kappa shape index (κ2) is 4.44. The Labute approximate surface area is 119 Å². The highest BCUT2D eigenvalue weighted by atomic mass is 32.2. The Morgan fingerprint density at radius 2 is 1.75 bits per heavy atom. The summed E-state index contributed by atoms with van der Waals surface area (Å²) in [6.07, 6.45) is 1.43. The fourth-order valence-corrected chi connectivity index (χ4v) is 4.54. The van der Waals surface area contributed by atoms with Gasteiger partial charge in [-0.25, -0.2) is 8.42 Å². The number of ether oxygens (including phenoxy) is 1. The maximum absolute atomic E-state index is 12.7. The quantitative estimate of drug-likeness (QED) is 0.863. The third-order valence-corrected chi connectivity index (χ3v) is 4.92. The first kappa shape index (κ1) is 15.3. The summed E-state index contributed by atoms with van der Waals surface area (Å²) in [7, 11) is -2.03. The number of morpholine rings is 1. The lowest BCUT2D eigenvalue weighted by atomic mass is 10.0. The van der Waals surface area contributed by atoms with Crippen LogP contribution in [0.3, 0.4) is 0 Å². The van der Waals surface area contributed by atoms with Gasteiger partial charge in [0, 0.05) is 26.3 Å². The number of sulfonamides is 1. The molecule has 1 aromatic heterocycles. The summed E-state index contributed by atoms with van der Waals surface area (Å²) in [6.45, 7) is 8.08. The minimum absolute atomic E-state index is 0.0228. The first-order valence-corrected chi connectivity index (χ1v) is 7.86. The maximum atomic E-state index is 12.7. The molecule has 2 heterocycles. The molecule has 0 radical (unpaired) electrons. The van der Waals surface area contributed by atoms with E-state index in [9.17, 15) is 8.42 Å². The van der Waals surface area contributed by atoms with Gasteiger partial charge in [0.05, 0.1) is 11.2 Å². The van der Waals surface area contributed by atoms with Crippen molar-refractivity contribution in [3.63, 3.8) is 0 Å². The van der Waals surface area contributed by atoms with Crippen molar-refractivity contribution in [3.05, 3.63) is 6.20 Å². The van der Waals surface area contributed by atoms with Gasteiger partial charge in [0.2, 0.25) is 10.0 Å². The van der Waals surface area contributed by atoms with Crippen molar-refractivity contribution in [3.8, 4) is 0 Å².